The molecule has 3 aliphatic rings. The Kier molecular flexibility index (Phi) is 3.39. The summed E-state index contributed by atoms with van der Waals surface area (Å²) in [5.74, 6) is 0.559. The molecule has 104 valence electrons. The predicted molar refractivity (Wildman–Crippen MR) is 70.2 cm³/mol. The minimum atomic E-state index is -0.321. The summed E-state index contributed by atoms with van der Waals surface area (Å²) in [6.07, 6.45) is 5.65. The largest absolute Gasteiger partial charge is 0.347 e. The van der Waals surface area contributed by atoms with E-state index in [0.29, 0.717) is 12.1 Å². The number of hydrogen-bond donors (Lipinski definition) is 1. The van der Waals surface area contributed by atoms with E-state index in [1.165, 1.54) is 12.8 Å². The van der Waals surface area contributed by atoms with Crippen LogP contribution in [0.3, 0.4) is 0 Å². The van der Waals surface area contributed by atoms with E-state index in [-0.39, 0.29) is 11.8 Å². The van der Waals surface area contributed by atoms with Gasteiger partial charge in [0.2, 0.25) is 0 Å². The molecule has 0 aromatic rings. The predicted octanol–water partition coefficient (Wildman–Crippen LogP) is 1.34. The van der Waals surface area contributed by atoms with Crippen LogP contribution in [0.25, 0.3) is 0 Å². The molecule has 0 bridgehead atoms. The van der Waals surface area contributed by atoms with E-state index in [9.17, 15) is 0 Å². The van der Waals surface area contributed by atoms with Gasteiger partial charge >= 0.3 is 0 Å². The van der Waals surface area contributed by atoms with Crippen LogP contribution in [0.1, 0.15) is 39.0 Å². The molecule has 4 heteroatoms. The smallest absolute Gasteiger partial charge is 0.170 e. The van der Waals surface area contributed by atoms with Crippen LogP contribution in [0.5, 0.6) is 0 Å². The molecule has 1 aliphatic heterocycles. The molecule has 2 aliphatic carbocycles. The fourth-order valence-corrected chi connectivity index (χ4v) is 3.57. The third-order valence-electron chi connectivity index (χ3n) is 5.16. The third kappa shape index (κ3) is 2.31. The van der Waals surface area contributed by atoms with Gasteiger partial charge in [0.15, 0.2) is 5.79 Å². The minimum absolute atomic E-state index is 0.259. The number of hydrogen-bond acceptors (Lipinski definition) is 4. The second-order valence-electron chi connectivity index (χ2n) is 6.33. The van der Waals surface area contributed by atoms with Crippen LogP contribution in [0.4, 0.5) is 0 Å². The number of nitrogens with zero attached hydrogens (tertiary/aromatic N) is 1. The average Bonchev–Trinajstić information content (AvgIpc) is 3.13. The molecule has 18 heavy (non-hydrogen) atoms. The van der Waals surface area contributed by atoms with Crippen LogP contribution in [0, 0.1) is 5.92 Å². The molecule has 3 fully saturated rings. The molecular formula is C14H26N2O2. The van der Waals surface area contributed by atoms with Crippen LogP contribution in [0.15, 0.2) is 0 Å². The second kappa shape index (κ2) is 4.75. The summed E-state index contributed by atoms with van der Waals surface area (Å²) in [5.41, 5.74) is 6.34. The molecule has 0 radical (unpaired) electrons. The van der Waals surface area contributed by atoms with Gasteiger partial charge in [-0.2, -0.15) is 0 Å². The van der Waals surface area contributed by atoms with Crippen molar-refractivity contribution in [1.29, 1.82) is 0 Å². The summed E-state index contributed by atoms with van der Waals surface area (Å²) in [6, 6.07) is 1.29. The summed E-state index contributed by atoms with van der Waals surface area (Å²) in [6.45, 7) is 3.82. The lowest BCUT2D eigenvalue weighted by Crippen LogP contribution is -2.57. The van der Waals surface area contributed by atoms with Crippen LogP contribution < -0.4 is 5.73 Å². The van der Waals surface area contributed by atoms with E-state index in [2.05, 4.69) is 18.9 Å². The van der Waals surface area contributed by atoms with Crippen molar-refractivity contribution >= 4 is 0 Å². The van der Waals surface area contributed by atoms with E-state index in [0.717, 1.165) is 38.4 Å². The van der Waals surface area contributed by atoms with Crippen molar-refractivity contribution in [3.8, 4) is 0 Å². The van der Waals surface area contributed by atoms with E-state index in [4.69, 9.17) is 15.2 Å². The van der Waals surface area contributed by atoms with E-state index >= 15 is 0 Å². The van der Waals surface area contributed by atoms with Crippen molar-refractivity contribution in [2.75, 3.05) is 20.3 Å². The van der Waals surface area contributed by atoms with Gasteiger partial charge < -0.3 is 15.2 Å². The first kappa shape index (κ1) is 12.9. The highest BCUT2D eigenvalue weighted by molar-refractivity contribution is 4.97. The Morgan fingerprint density at radius 1 is 1.22 bits per heavy atom. The Morgan fingerprint density at radius 3 is 2.50 bits per heavy atom. The molecule has 3 atom stereocenters. The Bertz CT molecular complexity index is 300. The Labute approximate surface area is 110 Å². The molecular weight excluding hydrogens is 228 g/mol. The van der Waals surface area contributed by atoms with Crippen molar-refractivity contribution in [1.82, 2.24) is 4.90 Å². The van der Waals surface area contributed by atoms with Gasteiger partial charge in [0, 0.05) is 31.0 Å². The highest BCUT2D eigenvalue weighted by atomic mass is 16.7. The van der Waals surface area contributed by atoms with Gasteiger partial charge in [-0.15, -0.1) is 0 Å². The van der Waals surface area contributed by atoms with Gasteiger partial charge in [-0.05, 0) is 39.2 Å². The molecule has 3 rings (SSSR count). The van der Waals surface area contributed by atoms with Gasteiger partial charge in [0.25, 0.3) is 0 Å². The topological polar surface area (TPSA) is 47.7 Å². The minimum Gasteiger partial charge on any atom is -0.347 e. The quantitative estimate of drug-likeness (QED) is 0.825. The Morgan fingerprint density at radius 2 is 1.89 bits per heavy atom. The van der Waals surface area contributed by atoms with Crippen LogP contribution >= 0.6 is 0 Å². The summed E-state index contributed by atoms with van der Waals surface area (Å²) in [5, 5.41) is 0. The van der Waals surface area contributed by atoms with E-state index in [1.54, 1.807) is 0 Å². The maximum absolute atomic E-state index is 6.34. The molecule has 1 saturated heterocycles. The fraction of sp³-hybridized carbons (Fsp3) is 1.00. The molecule has 4 nitrogen and oxygen atoms in total. The van der Waals surface area contributed by atoms with Crippen molar-refractivity contribution in [3.05, 3.63) is 0 Å². The zero-order chi connectivity index (χ0) is 12.8. The lowest BCUT2D eigenvalue weighted by Gasteiger charge is -2.45. The molecule has 2 saturated carbocycles. The first-order valence-electron chi connectivity index (χ1n) is 7.37. The number of rotatable bonds is 3. The van der Waals surface area contributed by atoms with Crippen molar-refractivity contribution < 1.29 is 9.47 Å². The highest BCUT2D eigenvalue weighted by Gasteiger charge is 2.47. The van der Waals surface area contributed by atoms with Crippen LogP contribution in [-0.2, 0) is 9.47 Å². The highest BCUT2D eigenvalue weighted by Crippen LogP contribution is 2.40. The fourth-order valence-electron chi connectivity index (χ4n) is 3.57. The van der Waals surface area contributed by atoms with Crippen molar-refractivity contribution in [2.45, 2.75) is 62.9 Å². The molecule has 3 unspecified atom stereocenters. The van der Waals surface area contributed by atoms with Crippen molar-refractivity contribution in [3.63, 3.8) is 0 Å². The SMILES string of the molecule is CC(C1CC1)N(C)C1CC2(CCC1N)OCCO2. The number of ether oxygens (including phenoxy) is 2. The zero-order valence-electron chi connectivity index (χ0n) is 11.6. The summed E-state index contributed by atoms with van der Waals surface area (Å²) < 4.78 is 11.7. The normalized spacial score (nSPS) is 37.3. The monoisotopic (exact) mass is 254 g/mol. The first-order chi connectivity index (χ1) is 8.61. The Balaban J connectivity index is 1.68. The molecule has 1 heterocycles. The van der Waals surface area contributed by atoms with Crippen LogP contribution in [-0.4, -0.2) is 49.1 Å². The lowest BCUT2D eigenvalue weighted by atomic mass is 9.84. The van der Waals surface area contributed by atoms with Gasteiger partial charge in [-0.1, -0.05) is 0 Å². The molecule has 0 aromatic heterocycles. The van der Waals surface area contributed by atoms with Gasteiger partial charge in [0.1, 0.15) is 0 Å². The summed E-state index contributed by atoms with van der Waals surface area (Å²) >= 11 is 0. The summed E-state index contributed by atoms with van der Waals surface area (Å²) in [4.78, 5) is 2.48. The molecule has 1 spiro atoms. The molecule has 0 amide bonds. The number of likely N-dealkylation sites (N-methyl/N-ethyl adjacent to an activating group) is 1. The first-order valence-corrected chi connectivity index (χ1v) is 7.37. The van der Waals surface area contributed by atoms with E-state index in [1.807, 2.05) is 0 Å². The second-order valence-corrected chi connectivity index (χ2v) is 6.33. The zero-order valence-corrected chi connectivity index (χ0v) is 11.6. The maximum atomic E-state index is 6.34. The van der Waals surface area contributed by atoms with Gasteiger partial charge in [-0.3, -0.25) is 4.90 Å². The van der Waals surface area contributed by atoms with Crippen LogP contribution in [0.2, 0.25) is 0 Å². The standard InChI is InChI=1S/C14H26N2O2/c1-10(11-3-4-11)16(2)13-9-14(6-5-12(13)15)17-7-8-18-14/h10-13H,3-9,15H2,1-2H3. The maximum Gasteiger partial charge on any atom is 0.170 e. The number of nitrogens with two attached hydrogens (primary N) is 1. The lowest BCUT2D eigenvalue weighted by molar-refractivity contribution is -0.192. The summed E-state index contributed by atoms with van der Waals surface area (Å²) in [7, 11) is 2.22. The third-order valence-corrected chi connectivity index (χ3v) is 5.16. The van der Waals surface area contributed by atoms with E-state index < -0.39 is 0 Å². The molecule has 2 N–H and O–H groups in total. The average molecular weight is 254 g/mol. The van der Waals surface area contributed by atoms with Gasteiger partial charge in [0.05, 0.1) is 13.2 Å². The Hall–Kier alpha value is -0.160. The molecule has 0 aromatic carbocycles. The van der Waals surface area contributed by atoms with Crippen molar-refractivity contribution in [2.24, 2.45) is 11.7 Å². The van der Waals surface area contributed by atoms with Gasteiger partial charge in [-0.25, -0.2) is 0 Å².